The Morgan fingerprint density at radius 1 is 1.29 bits per heavy atom. The molecule has 1 saturated heterocycles. The SMILES string of the molecule is OC(Cc1cc(Cl)ccc1Cl)C1CCNCC1. The molecule has 1 fully saturated rings. The minimum atomic E-state index is -0.326. The number of aliphatic hydroxyl groups is 1. The zero-order valence-corrected chi connectivity index (χ0v) is 11.1. The Labute approximate surface area is 112 Å². The van der Waals surface area contributed by atoms with E-state index < -0.39 is 0 Å². The molecule has 1 atom stereocenters. The molecule has 0 spiro atoms. The van der Waals surface area contributed by atoms with Crippen LogP contribution in [0, 0.1) is 5.92 Å². The molecule has 94 valence electrons. The van der Waals surface area contributed by atoms with Gasteiger partial charge in [-0.3, -0.25) is 0 Å². The van der Waals surface area contributed by atoms with E-state index in [1.807, 2.05) is 6.07 Å². The zero-order chi connectivity index (χ0) is 12.3. The largest absolute Gasteiger partial charge is 0.392 e. The quantitative estimate of drug-likeness (QED) is 0.888. The van der Waals surface area contributed by atoms with E-state index in [-0.39, 0.29) is 6.10 Å². The summed E-state index contributed by atoms with van der Waals surface area (Å²) in [5.74, 6) is 0.367. The van der Waals surface area contributed by atoms with Gasteiger partial charge in [-0.15, -0.1) is 0 Å². The molecule has 1 aromatic rings. The monoisotopic (exact) mass is 273 g/mol. The van der Waals surface area contributed by atoms with Crippen LogP contribution in [0.2, 0.25) is 10.0 Å². The van der Waals surface area contributed by atoms with Crippen molar-refractivity contribution in [1.29, 1.82) is 0 Å². The molecule has 1 aromatic carbocycles. The third kappa shape index (κ3) is 3.59. The molecule has 0 saturated carbocycles. The molecule has 0 amide bonds. The van der Waals surface area contributed by atoms with Gasteiger partial charge < -0.3 is 10.4 Å². The fourth-order valence-electron chi connectivity index (χ4n) is 2.32. The fourth-order valence-corrected chi connectivity index (χ4v) is 2.71. The summed E-state index contributed by atoms with van der Waals surface area (Å²) in [6.45, 7) is 1.98. The van der Waals surface area contributed by atoms with Crippen molar-refractivity contribution in [3.63, 3.8) is 0 Å². The van der Waals surface area contributed by atoms with Crippen LogP contribution >= 0.6 is 23.2 Å². The van der Waals surface area contributed by atoms with Crippen LogP contribution in [0.3, 0.4) is 0 Å². The number of halogens is 2. The molecule has 0 aliphatic carbocycles. The number of piperidine rings is 1. The second kappa shape index (κ2) is 6.05. The van der Waals surface area contributed by atoms with E-state index >= 15 is 0 Å². The maximum Gasteiger partial charge on any atom is 0.0610 e. The molecule has 4 heteroatoms. The third-order valence-corrected chi connectivity index (χ3v) is 3.97. The van der Waals surface area contributed by atoms with Crippen molar-refractivity contribution in [3.8, 4) is 0 Å². The summed E-state index contributed by atoms with van der Waals surface area (Å²) < 4.78 is 0. The standard InChI is InChI=1S/C13H17Cl2NO/c14-11-1-2-12(15)10(7-11)8-13(17)9-3-5-16-6-4-9/h1-2,7,9,13,16-17H,3-6,8H2. The molecule has 2 nitrogen and oxygen atoms in total. The highest BCUT2D eigenvalue weighted by Gasteiger charge is 2.22. The molecule has 1 aliphatic heterocycles. The first-order valence-corrected chi connectivity index (χ1v) is 6.75. The van der Waals surface area contributed by atoms with Crippen LogP contribution < -0.4 is 5.32 Å². The first-order chi connectivity index (χ1) is 8.16. The Bertz CT molecular complexity index is 378. The van der Waals surface area contributed by atoms with Gasteiger partial charge in [-0.1, -0.05) is 23.2 Å². The van der Waals surface area contributed by atoms with Crippen LogP contribution in [0.1, 0.15) is 18.4 Å². The minimum absolute atomic E-state index is 0.326. The Kier molecular flexibility index (Phi) is 4.69. The molecule has 1 heterocycles. The van der Waals surface area contributed by atoms with E-state index in [9.17, 15) is 5.11 Å². The summed E-state index contributed by atoms with van der Waals surface area (Å²) in [6, 6.07) is 5.40. The highest BCUT2D eigenvalue weighted by molar-refractivity contribution is 6.33. The third-order valence-electron chi connectivity index (χ3n) is 3.36. The van der Waals surface area contributed by atoms with Crippen molar-refractivity contribution in [2.75, 3.05) is 13.1 Å². The van der Waals surface area contributed by atoms with Crippen molar-refractivity contribution >= 4 is 23.2 Å². The lowest BCUT2D eigenvalue weighted by atomic mass is 9.88. The number of benzene rings is 1. The maximum atomic E-state index is 10.2. The summed E-state index contributed by atoms with van der Waals surface area (Å²) in [5, 5.41) is 14.9. The Morgan fingerprint density at radius 3 is 2.71 bits per heavy atom. The van der Waals surface area contributed by atoms with Crippen LogP contribution in [0.15, 0.2) is 18.2 Å². The number of rotatable bonds is 3. The van der Waals surface area contributed by atoms with Gasteiger partial charge in [-0.25, -0.2) is 0 Å². The van der Waals surface area contributed by atoms with Crippen LogP contribution in [0.4, 0.5) is 0 Å². The lowest BCUT2D eigenvalue weighted by molar-refractivity contribution is 0.0891. The summed E-state index contributed by atoms with van der Waals surface area (Å²) in [6.07, 6.45) is 2.32. The molecule has 2 rings (SSSR count). The topological polar surface area (TPSA) is 32.3 Å². The van der Waals surface area contributed by atoms with Gasteiger partial charge in [0.25, 0.3) is 0 Å². The lowest BCUT2D eigenvalue weighted by Crippen LogP contribution is -2.35. The summed E-state index contributed by atoms with van der Waals surface area (Å²) >= 11 is 12.0. The highest BCUT2D eigenvalue weighted by Crippen LogP contribution is 2.25. The molecule has 17 heavy (non-hydrogen) atoms. The van der Waals surface area contributed by atoms with Gasteiger partial charge in [-0.2, -0.15) is 0 Å². The zero-order valence-electron chi connectivity index (χ0n) is 9.63. The predicted molar refractivity (Wildman–Crippen MR) is 71.8 cm³/mol. The van der Waals surface area contributed by atoms with Crippen LogP contribution in [-0.2, 0) is 6.42 Å². The van der Waals surface area contributed by atoms with E-state index in [4.69, 9.17) is 23.2 Å². The van der Waals surface area contributed by atoms with E-state index in [2.05, 4.69) is 5.32 Å². The van der Waals surface area contributed by atoms with E-state index in [0.29, 0.717) is 22.4 Å². The molecule has 0 bridgehead atoms. The van der Waals surface area contributed by atoms with Crippen LogP contribution in [-0.4, -0.2) is 24.3 Å². The maximum absolute atomic E-state index is 10.2. The van der Waals surface area contributed by atoms with Crippen LogP contribution in [0.25, 0.3) is 0 Å². The summed E-state index contributed by atoms with van der Waals surface area (Å²) in [5.41, 5.74) is 0.935. The van der Waals surface area contributed by atoms with Gasteiger partial charge in [0, 0.05) is 16.5 Å². The molecule has 0 aromatic heterocycles. The Morgan fingerprint density at radius 2 is 2.00 bits per heavy atom. The predicted octanol–water partition coefficient (Wildman–Crippen LogP) is 2.90. The second-order valence-electron chi connectivity index (χ2n) is 4.59. The van der Waals surface area contributed by atoms with Crippen molar-refractivity contribution in [2.24, 2.45) is 5.92 Å². The molecule has 1 unspecified atom stereocenters. The van der Waals surface area contributed by atoms with E-state index in [1.54, 1.807) is 12.1 Å². The minimum Gasteiger partial charge on any atom is -0.392 e. The first kappa shape index (κ1) is 13.2. The fraction of sp³-hybridized carbons (Fsp3) is 0.538. The van der Waals surface area contributed by atoms with Gasteiger partial charge in [0.1, 0.15) is 0 Å². The molecular formula is C13H17Cl2NO. The number of hydrogen-bond acceptors (Lipinski definition) is 2. The van der Waals surface area contributed by atoms with E-state index in [0.717, 1.165) is 31.5 Å². The van der Waals surface area contributed by atoms with Crippen molar-refractivity contribution in [1.82, 2.24) is 5.32 Å². The molecule has 0 radical (unpaired) electrons. The van der Waals surface area contributed by atoms with E-state index in [1.165, 1.54) is 0 Å². The summed E-state index contributed by atoms with van der Waals surface area (Å²) in [4.78, 5) is 0. The van der Waals surface area contributed by atoms with Gasteiger partial charge in [0.2, 0.25) is 0 Å². The second-order valence-corrected chi connectivity index (χ2v) is 5.44. The van der Waals surface area contributed by atoms with Gasteiger partial charge in [0.05, 0.1) is 6.10 Å². The number of aliphatic hydroxyl groups excluding tert-OH is 1. The molecule has 1 aliphatic rings. The average Bonchev–Trinajstić information content (AvgIpc) is 2.35. The lowest BCUT2D eigenvalue weighted by Gasteiger charge is -2.27. The Hall–Kier alpha value is -0.280. The smallest absolute Gasteiger partial charge is 0.0610 e. The van der Waals surface area contributed by atoms with Gasteiger partial charge in [-0.05, 0) is 55.6 Å². The number of nitrogens with one attached hydrogen (secondary N) is 1. The van der Waals surface area contributed by atoms with Gasteiger partial charge >= 0.3 is 0 Å². The highest BCUT2D eigenvalue weighted by atomic mass is 35.5. The number of hydrogen-bond donors (Lipinski definition) is 2. The average molecular weight is 274 g/mol. The summed E-state index contributed by atoms with van der Waals surface area (Å²) in [7, 11) is 0. The molecular weight excluding hydrogens is 257 g/mol. The molecule has 2 N–H and O–H groups in total. The Balaban J connectivity index is 2.01. The van der Waals surface area contributed by atoms with Gasteiger partial charge in [0.15, 0.2) is 0 Å². The van der Waals surface area contributed by atoms with Crippen molar-refractivity contribution in [2.45, 2.75) is 25.4 Å². The normalized spacial score (nSPS) is 19.2. The van der Waals surface area contributed by atoms with Crippen molar-refractivity contribution < 1.29 is 5.11 Å². The first-order valence-electron chi connectivity index (χ1n) is 5.99. The van der Waals surface area contributed by atoms with Crippen molar-refractivity contribution in [3.05, 3.63) is 33.8 Å². The van der Waals surface area contributed by atoms with Crippen LogP contribution in [0.5, 0.6) is 0 Å².